The molecule has 0 aliphatic heterocycles. The minimum absolute atomic E-state index is 0.0493. The molecule has 1 aliphatic rings. The zero-order valence-electron chi connectivity index (χ0n) is 22.8. The molecule has 1 saturated carbocycles. The third kappa shape index (κ3) is 8.00. The summed E-state index contributed by atoms with van der Waals surface area (Å²) in [6.45, 7) is -0.175. The summed E-state index contributed by atoms with van der Waals surface area (Å²) in [4.78, 5) is 37.7. The molecule has 0 aromatic heterocycles. The first-order valence-corrected chi connectivity index (χ1v) is 13.8. The zero-order chi connectivity index (χ0) is 34.4. The Labute approximate surface area is 269 Å². The summed E-state index contributed by atoms with van der Waals surface area (Å²) in [5, 5.41) is 5.89. The van der Waals surface area contributed by atoms with Gasteiger partial charge in [0.15, 0.2) is 5.82 Å². The van der Waals surface area contributed by atoms with Crippen molar-refractivity contribution in [1.82, 2.24) is 0 Å². The molecule has 0 spiro atoms. The zero-order valence-corrected chi connectivity index (χ0v) is 25.0. The topological polar surface area (TPSA) is 96.5 Å². The van der Waals surface area contributed by atoms with Gasteiger partial charge in [0.05, 0.1) is 27.8 Å². The number of benzene rings is 3. The highest BCUT2D eigenvalue weighted by atomic mass is 35.5. The molecule has 3 amide bonds. The van der Waals surface area contributed by atoms with Crippen LogP contribution in [0.25, 0.3) is 0 Å². The van der Waals surface area contributed by atoms with Crippen molar-refractivity contribution in [3.63, 3.8) is 0 Å². The van der Waals surface area contributed by atoms with Gasteiger partial charge in [-0.05, 0) is 55.0 Å². The standard InChI is InChI=1S/C28H18Cl3F8N3O4/c1-11-6-12(8-13(7-11)27(34,35)36)20-21(26(20,30)31)25(45)40-14-2-3-16(29)15(9-14)24(44)41-18-5-4-17(32)23(22(18)33)42-19(43)10-46-28(37,38)39/h2-9,20-21H,10H2,1H3,(H,40,45)(H,41,44)(H,42,43)/t20-,21+/m0/s1. The third-order valence-corrected chi connectivity index (χ3v) is 7.84. The first-order valence-electron chi connectivity index (χ1n) is 12.7. The lowest BCUT2D eigenvalue weighted by atomic mass is 10.0. The van der Waals surface area contributed by atoms with Crippen LogP contribution in [0.4, 0.5) is 52.2 Å². The van der Waals surface area contributed by atoms with Gasteiger partial charge in [-0.2, -0.15) is 13.2 Å². The average molecular weight is 719 g/mol. The summed E-state index contributed by atoms with van der Waals surface area (Å²) in [6.07, 6.45) is -9.84. The number of aryl methyl sites for hydroxylation is 1. The van der Waals surface area contributed by atoms with E-state index in [0.717, 1.165) is 24.3 Å². The molecule has 4 rings (SSSR count). The first-order chi connectivity index (χ1) is 21.2. The molecule has 7 nitrogen and oxygen atoms in total. The number of amides is 3. The van der Waals surface area contributed by atoms with Gasteiger partial charge in [-0.25, -0.2) is 8.78 Å². The van der Waals surface area contributed by atoms with Crippen LogP contribution in [0.2, 0.25) is 5.02 Å². The second kappa shape index (κ2) is 12.9. The summed E-state index contributed by atoms with van der Waals surface area (Å²) in [7, 11) is 0. The number of rotatable bonds is 8. The van der Waals surface area contributed by atoms with Crippen molar-refractivity contribution >= 4 is 69.6 Å². The van der Waals surface area contributed by atoms with Crippen molar-refractivity contribution in [3.8, 4) is 0 Å². The molecule has 0 saturated heterocycles. The van der Waals surface area contributed by atoms with E-state index in [-0.39, 0.29) is 27.4 Å². The predicted octanol–water partition coefficient (Wildman–Crippen LogP) is 8.20. The number of halogens is 11. The Morgan fingerprint density at radius 1 is 0.913 bits per heavy atom. The Morgan fingerprint density at radius 3 is 2.22 bits per heavy atom. The summed E-state index contributed by atoms with van der Waals surface area (Å²) >= 11 is 18.7. The minimum atomic E-state index is -5.18. The fourth-order valence-electron chi connectivity index (χ4n) is 4.50. The fourth-order valence-corrected chi connectivity index (χ4v) is 5.53. The first kappa shape index (κ1) is 35.2. The molecule has 3 aromatic carbocycles. The van der Waals surface area contributed by atoms with E-state index in [9.17, 15) is 49.5 Å². The van der Waals surface area contributed by atoms with Crippen molar-refractivity contribution in [2.45, 2.75) is 29.7 Å². The molecule has 0 heterocycles. The van der Waals surface area contributed by atoms with Crippen molar-refractivity contribution in [2.75, 3.05) is 22.6 Å². The van der Waals surface area contributed by atoms with E-state index in [0.29, 0.717) is 6.07 Å². The Hall–Kier alpha value is -3.66. The van der Waals surface area contributed by atoms with Crippen LogP contribution in [0, 0.1) is 24.5 Å². The van der Waals surface area contributed by atoms with E-state index in [2.05, 4.69) is 15.4 Å². The predicted molar refractivity (Wildman–Crippen MR) is 152 cm³/mol. The third-order valence-electron chi connectivity index (χ3n) is 6.57. The van der Waals surface area contributed by atoms with Crippen LogP contribution >= 0.6 is 34.8 Å². The fraction of sp³-hybridized carbons (Fsp3) is 0.250. The molecule has 3 aromatic rings. The second-order valence-electron chi connectivity index (χ2n) is 9.96. The van der Waals surface area contributed by atoms with Crippen LogP contribution in [0.15, 0.2) is 48.5 Å². The molecule has 1 fully saturated rings. The van der Waals surface area contributed by atoms with Crippen LogP contribution in [0.3, 0.4) is 0 Å². The highest BCUT2D eigenvalue weighted by Crippen LogP contribution is 2.65. The highest BCUT2D eigenvalue weighted by Gasteiger charge is 2.67. The summed E-state index contributed by atoms with van der Waals surface area (Å²) in [5.41, 5.74) is -2.90. The van der Waals surface area contributed by atoms with Gasteiger partial charge in [0.25, 0.3) is 11.8 Å². The van der Waals surface area contributed by atoms with E-state index in [1.54, 1.807) is 5.32 Å². The van der Waals surface area contributed by atoms with Crippen LogP contribution < -0.4 is 16.0 Å². The Bertz CT molecular complexity index is 1720. The number of ether oxygens (including phenoxy) is 1. The maximum atomic E-state index is 14.9. The van der Waals surface area contributed by atoms with Crippen LogP contribution in [-0.4, -0.2) is 35.0 Å². The molecule has 18 heteroatoms. The smallest absolute Gasteiger partial charge is 0.326 e. The minimum Gasteiger partial charge on any atom is -0.326 e. The van der Waals surface area contributed by atoms with E-state index in [1.165, 1.54) is 25.1 Å². The van der Waals surface area contributed by atoms with Gasteiger partial charge in [-0.1, -0.05) is 23.2 Å². The maximum absolute atomic E-state index is 14.9. The normalized spacial score (nSPS) is 17.3. The lowest BCUT2D eigenvalue weighted by Crippen LogP contribution is -2.25. The SMILES string of the molecule is Cc1cc([C@H]2[C@H](C(=O)Nc3ccc(Cl)c(C(=O)Nc4ccc(F)c(NC(=O)COC(F)(F)F)c4F)c3)C2(Cl)Cl)cc(C(F)(F)F)c1. The van der Waals surface area contributed by atoms with Gasteiger partial charge >= 0.3 is 12.5 Å². The Kier molecular flexibility index (Phi) is 9.84. The van der Waals surface area contributed by atoms with E-state index in [1.807, 2.05) is 0 Å². The monoisotopic (exact) mass is 717 g/mol. The molecule has 2 atom stereocenters. The number of anilines is 3. The Balaban J connectivity index is 1.50. The van der Waals surface area contributed by atoms with Gasteiger partial charge < -0.3 is 16.0 Å². The molecule has 0 bridgehead atoms. The van der Waals surface area contributed by atoms with Gasteiger partial charge in [-0.3, -0.25) is 19.1 Å². The van der Waals surface area contributed by atoms with Crippen molar-refractivity contribution in [3.05, 3.63) is 87.4 Å². The van der Waals surface area contributed by atoms with Gasteiger partial charge in [0, 0.05) is 11.6 Å². The molecular weight excluding hydrogens is 701 g/mol. The van der Waals surface area contributed by atoms with Crippen molar-refractivity contribution in [2.24, 2.45) is 5.92 Å². The molecule has 0 radical (unpaired) electrons. The van der Waals surface area contributed by atoms with Gasteiger partial charge in [0.2, 0.25) is 5.91 Å². The number of carbonyl (C=O) groups is 3. The lowest BCUT2D eigenvalue weighted by Gasteiger charge is -2.14. The number of alkyl halides is 8. The number of hydrogen-bond acceptors (Lipinski definition) is 4. The second-order valence-corrected chi connectivity index (χ2v) is 11.8. The summed E-state index contributed by atoms with van der Waals surface area (Å²) in [5.74, 6) is -8.61. The maximum Gasteiger partial charge on any atom is 0.523 e. The number of carbonyl (C=O) groups excluding carboxylic acids is 3. The van der Waals surface area contributed by atoms with Crippen molar-refractivity contribution < 1.29 is 54.2 Å². The van der Waals surface area contributed by atoms with E-state index < -0.39 is 81.6 Å². The summed E-state index contributed by atoms with van der Waals surface area (Å²) < 4.78 is 107. The molecule has 0 unspecified atom stereocenters. The Morgan fingerprint density at radius 2 is 1.59 bits per heavy atom. The number of nitrogens with one attached hydrogen (secondary N) is 3. The quantitative estimate of drug-likeness (QED) is 0.162. The molecule has 3 N–H and O–H groups in total. The summed E-state index contributed by atoms with van der Waals surface area (Å²) in [6, 6.07) is 8.05. The highest BCUT2D eigenvalue weighted by molar-refractivity contribution is 6.53. The molecule has 1 aliphatic carbocycles. The van der Waals surface area contributed by atoms with Crippen LogP contribution in [0.1, 0.15) is 33.0 Å². The largest absolute Gasteiger partial charge is 0.523 e. The van der Waals surface area contributed by atoms with Crippen LogP contribution in [-0.2, 0) is 20.5 Å². The van der Waals surface area contributed by atoms with Gasteiger partial charge in [-0.15, -0.1) is 36.4 Å². The van der Waals surface area contributed by atoms with Crippen LogP contribution in [0.5, 0.6) is 0 Å². The average Bonchev–Trinajstić information content (AvgIpc) is 3.53. The molecular formula is C28H18Cl3F8N3O4. The van der Waals surface area contributed by atoms with E-state index >= 15 is 0 Å². The number of hydrogen-bond donors (Lipinski definition) is 3. The van der Waals surface area contributed by atoms with Crippen molar-refractivity contribution in [1.29, 1.82) is 0 Å². The van der Waals surface area contributed by atoms with E-state index in [4.69, 9.17) is 34.8 Å². The lowest BCUT2D eigenvalue weighted by molar-refractivity contribution is -0.320. The molecule has 46 heavy (non-hydrogen) atoms. The van der Waals surface area contributed by atoms with Gasteiger partial charge in [0.1, 0.15) is 22.4 Å². The molecule has 246 valence electrons.